The molecule has 0 bridgehead atoms. The fraction of sp³-hybridized carbons (Fsp3) is 0.105. The Hall–Kier alpha value is -3.21. The number of rotatable bonds is 7. The predicted molar refractivity (Wildman–Crippen MR) is 118 cm³/mol. The summed E-state index contributed by atoms with van der Waals surface area (Å²) in [6.07, 6.45) is 4.13. The molecular formula is C19H14Cl2N6O3S. The van der Waals surface area contributed by atoms with Crippen LogP contribution in [0.5, 0.6) is 0 Å². The molecule has 3 heterocycles. The zero-order chi connectivity index (χ0) is 22.0. The van der Waals surface area contributed by atoms with Crippen molar-refractivity contribution in [2.75, 3.05) is 5.32 Å². The van der Waals surface area contributed by atoms with Gasteiger partial charge in [-0.1, -0.05) is 41.4 Å². The average Bonchev–Trinajstić information content (AvgIpc) is 3.45. The van der Waals surface area contributed by atoms with Gasteiger partial charge in [0.2, 0.25) is 0 Å². The first-order chi connectivity index (χ1) is 14.9. The smallest absolute Gasteiger partial charge is 0.303 e. The molecule has 0 atom stereocenters. The van der Waals surface area contributed by atoms with Crippen LogP contribution >= 0.6 is 34.5 Å². The maximum Gasteiger partial charge on any atom is 0.307 e. The Balaban J connectivity index is 1.42. The van der Waals surface area contributed by atoms with Crippen LogP contribution in [0.1, 0.15) is 20.8 Å². The third-order valence-corrected chi connectivity index (χ3v) is 5.91. The minimum atomic E-state index is -0.509. The van der Waals surface area contributed by atoms with E-state index in [1.807, 2.05) is 18.2 Å². The Morgan fingerprint density at radius 3 is 2.71 bits per heavy atom. The molecule has 4 rings (SSSR count). The second kappa shape index (κ2) is 8.88. The van der Waals surface area contributed by atoms with E-state index in [0.29, 0.717) is 28.0 Å². The van der Waals surface area contributed by atoms with Crippen LogP contribution < -0.4 is 5.32 Å². The number of thiophene rings is 1. The summed E-state index contributed by atoms with van der Waals surface area (Å²) in [5.41, 5.74) is 1.58. The number of nitrogens with zero attached hydrogens (tertiary/aromatic N) is 5. The maximum atomic E-state index is 12.6. The van der Waals surface area contributed by atoms with Gasteiger partial charge in [0.05, 0.1) is 22.9 Å². The van der Waals surface area contributed by atoms with Crippen molar-refractivity contribution in [3.63, 3.8) is 0 Å². The van der Waals surface area contributed by atoms with E-state index in [4.69, 9.17) is 23.2 Å². The van der Waals surface area contributed by atoms with E-state index in [1.165, 1.54) is 28.4 Å². The Morgan fingerprint density at radius 1 is 1.16 bits per heavy atom. The van der Waals surface area contributed by atoms with Crippen molar-refractivity contribution in [2.24, 2.45) is 0 Å². The minimum Gasteiger partial charge on any atom is -0.303 e. The van der Waals surface area contributed by atoms with Gasteiger partial charge in [-0.2, -0.15) is 10.2 Å². The van der Waals surface area contributed by atoms with E-state index in [1.54, 1.807) is 28.4 Å². The molecule has 0 aliphatic rings. The van der Waals surface area contributed by atoms with Crippen molar-refractivity contribution in [1.82, 2.24) is 19.6 Å². The van der Waals surface area contributed by atoms with Gasteiger partial charge in [-0.3, -0.25) is 24.3 Å². The van der Waals surface area contributed by atoms with Crippen molar-refractivity contribution < 1.29 is 9.72 Å². The van der Waals surface area contributed by atoms with Crippen molar-refractivity contribution in [1.29, 1.82) is 0 Å². The van der Waals surface area contributed by atoms with Crippen LogP contribution in [0, 0.1) is 10.1 Å². The molecule has 158 valence electrons. The van der Waals surface area contributed by atoms with Crippen molar-refractivity contribution >= 4 is 52.0 Å². The zero-order valence-corrected chi connectivity index (χ0v) is 18.1. The zero-order valence-electron chi connectivity index (χ0n) is 15.7. The van der Waals surface area contributed by atoms with Crippen molar-refractivity contribution in [2.45, 2.75) is 13.1 Å². The van der Waals surface area contributed by atoms with Gasteiger partial charge in [-0.05, 0) is 28.6 Å². The quantitative estimate of drug-likeness (QED) is 0.307. The van der Waals surface area contributed by atoms with E-state index in [-0.39, 0.29) is 17.4 Å². The number of aromatic nitrogens is 4. The van der Waals surface area contributed by atoms with Crippen LogP contribution in [0.15, 0.2) is 54.3 Å². The highest BCUT2D eigenvalue weighted by atomic mass is 35.5. The molecule has 0 radical (unpaired) electrons. The summed E-state index contributed by atoms with van der Waals surface area (Å²) in [7, 11) is 0. The van der Waals surface area contributed by atoms with Crippen molar-refractivity contribution in [3.8, 4) is 0 Å². The third-order valence-electron chi connectivity index (χ3n) is 4.29. The molecule has 0 saturated carbocycles. The molecule has 0 fully saturated rings. The second-order valence-electron chi connectivity index (χ2n) is 6.54. The van der Waals surface area contributed by atoms with E-state index < -0.39 is 4.92 Å². The topological polar surface area (TPSA) is 108 Å². The molecule has 12 heteroatoms. The lowest BCUT2D eigenvalue weighted by Gasteiger charge is -2.04. The molecule has 0 spiro atoms. The van der Waals surface area contributed by atoms with Crippen LogP contribution in [0.2, 0.25) is 10.0 Å². The minimum absolute atomic E-state index is 0.0878. The fourth-order valence-electron chi connectivity index (χ4n) is 2.83. The molecule has 3 aromatic heterocycles. The summed E-state index contributed by atoms with van der Waals surface area (Å²) in [5.74, 6) is -0.107. The molecule has 4 aromatic rings. The summed E-state index contributed by atoms with van der Waals surface area (Å²) >= 11 is 13.7. The molecule has 1 aromatic carbocycles. The van der Waals surface area contributed by atoms with Crippen LogP contribution in [-0.4, -0.2) is 30.4 Å². The van der Waals surface area contributed by atoms with Gasteiger partial charge in [0, 0.05) is 11.2 Å². The molecule has 0 saturated heterocycles. The van der Waals surface area contributed by atoms with Crippen LogP contribution in [0.3, 0.4) is 0 Å². The van der Waals surface area contributed by atoms with Crippen LogP contribution in [0.4, 0.5) is 11.5 Å². The summed E-state index contributed by atoms with van der Waals surface area (Å²) in [6, 6.07) is 9.10. The summed E-state index contributed by atoms with van der Waals surface area (Å²) in [6.45, 7) is 0.721. The number of carbonyl (C=O) groups is 1. The Morgan fingerprint density at radius 2 is 1.97 bits per heavy atom. The van der Waals surface area contributed by atoms with Gasteiger partial charge in [0.15, 0.2) is 5.82 Å². The van der Waals surface area contributed by atoms with Gasteiger partial charge in [-0.15, -0.1) is 11.3 Å². The van der Waals surface area contributed by atoms with Gasteiger partial charge in [0.1, 0.15) is 17.4 Å². The summed E-state index contributed by atoms with van der Waals surface area (Å²) in [5, 5.41) is 24.5. The summed E-state index contributed by atoms with van der Waals surface area (Å²) < 4.78 is 3.04. The number of carbonyl (C=O) groups excluding carboxylic acids is 1. The Labute approximate surface area is 190 Å². The average molecular weight is 477 g/mol. The van der Waals surface area contributed by atoms with E-state index in [2.05, 4.69) is 15.5 Å². The second-order valence-corrected chi connectivity index (χ2v) is 8.27. The number of hydrogen-bond donors (Lipinski definition) is 1. The monoisotopic (exact) mass is 476 g/mol. The number of halogens is 2. The molecule has 1 amide bonds. The Kier molecular flexibility index (Phi) is 6.03. The van der Waals surface area contributed by atoms with E-state index in [0.717, 1.165) is 11.1 Å². The van der Waals surface area contributed by atoms with E-state index >= 15 is 0 Å². The molecular weight excluding hydrogens is 463 g/mol. The highest BCUT2D eigenvalue weighted by Gasteiger charge is 2.16. The van der Waals surface area contributed by atoms with Crippen molar-refractivity contribution in [3.05, 3.63) is 90.5 Å². The first-order valence-electron chi connectivity index (χ1n) is 8.91. The fourth-order valence-corrected chi connectivity index (χ4v) is 4.02. The third kappa shape index (κ3) is 4.93. The van der Waals surface area contributed by atoms with Gasteiger partial charge < -0.3 is 5.32 Å². The Bertz CT molecular complexity index is 1270. The van der Waals surface area contributed by atoms with Gasteiger partial charge in [0.25, 0.3) is 5.91 Å². The largest absolute Gasteiger partial charge is 0.307 e. The molecule has 31 heavy (non-hydrogen) atoms. The highest BCUT2D eigenvalue weighted by molar-refractivity contribution is 7.12. The first-order valence-corrected chi connectivity index (χ1v) is 10.5. The standard InChI is InChI=1S/C19H14Cl2N6O3S/c20-15-4-2-1-3-13(15)8-26-10-16(21)18(24-26)23-19(28)17-5-12(11-31-17)7-25-9-14(6-22-25)27(29)30/h1-6,9-11H,7-8H2,(H,23,24,28). The number of amides is 1. The number of nitrogens with one attached hydrogen (secondary N) is 1. The number of nitro groups is 1. The lowest BCUT2D eigenvalue weighted by molar-refractivity contribution is -0.385. The van der Waals surface area contributed by atoms with Crippen LogP contribution in [0.25, 0.3) is 0 Å². The number of hydrogen-bond acceptors (Lipinski definition) is 6. The predicted octanol–water partition coefficient (Wildman–Crippen LogP) is 4.71. The van der Waals surface area contributed by atoms with Crippen LogP contribution in [-0.2, 0) is 13.1 Å². The lowest BCUT2D eigenvalue weighted by atomic mass is 10.2. The van der Waals surface area contributed by atoms with E-state index in [9.17, 15) is 14.9 Å². The number of benzene rings is 1. The SMILES string of the molecule is O=C(Nc1nn(Cc2ccccc2Cl)cc1Cl)c1cc(Cn2cc([N+](=O)[O-])cn2)cs1. The highest BCUT2D eigenvalue weighted by Crippen LogP contribution is 2.24. The number of anilines is 1. The maximum absolute atomic E-state index is 12.6. The molecule has 9 nitrogen and oxygen atoms in total. The summed E-state index contributed by atoms with van der Waals surface area (Å²) in [4.78, 5) is 23.3. The molecule has 0 aliphatic carbocycles. The molecule has 0 aliphatic heterocycles. The normalized spacial score (nSPS) is 10.9. The lowest BCUT2D eigenvalue weighted by Crippen LogP contribution is -2.12. The first kappa shape index (κ1) is 21.0. The van der Waals surface area contributed by atoms with Gasteiger partial charge >= 0.3 is 5.69 Å². The molecule has 0 unspecified atom stereocenters. The van der Waals surface area contributed by atoms with Gasteiger partial charge in [-0.25, -0.2) is 0 Å². The molecule has 1 N–H and O–H groups in total.